The molecular formula is C61H69F2N9O9S. The van der Waals surface area contributed by atoms with Crippen LogP contribution in [-0.4, -0.2) is 129 Å². The summed E-state index contributed by atoms with van der Waals surface area (Å²) in [7, 11) is -4.73. The number of hydrogen-bond donors (Lipinski definition) is 3. The number of nitro benzene ring substituents is 1. The number of aryl methyl sites for hydroxylation is 1. The number of sulfonamides is 1. The van der Waals surface area contributed by atoms with Crippen molar-refractivity contribution >= 4 is 55.4 Å². The summed E-state index contributed by atoms with van der Waals surface area (Å²) in [4.78, 5) is 44.0. The molecule has 18 nitrogen and oxygen atoms in total. The highest BCUT2D eigenvalue weighted by Gasteiger charge is 2.51. The number of piperazine rings is 1. The Kier molecular flexibility index (Phi) is 14.4. The zero-order valence-electron chi connectivity index (χ0n) is 46.3. The second-order valence-corrected chi connectivity index (χ2v) is 25.6. The van der Waals surface area contributed by atoms with Gasteiger partial charge in [0.25, 0.3) is 21.6 Å². The number of anilines is 4. The number of carbonyl (C=O) groups is 1. The van der Waals surface area contributed by atoms with Gasteiger partial charge in [-0.15, -0.1) is 0 Å². The quantitative estimate of drug-likeness (QED) is 0.0773. The molecule has 4 saturated heterocycles. The number of carbonyl (C=O) groups excluding carboxylic acids is 1. The molecule has 1 aliphatic carbocycles. The highest BCUT2D eigenvalue weighted by atomic mass is 32.2. The minimum absolute atomic E-state index is 0.0129. The van der Waals surface area contributed by atoms with Crippen LogP contribution in [0.1, 0.15) is 97.9 Å². The Morgan fingerprint density at radius 1 is 0.890 bits per heavy atom. The summed E-state index contributed by atoms with van der Waals surface area (Å²) in [5.74, 6) is -1.90. The molecule has 4 aromatic carbocycles. The van der Waals surface area contributed by atoms with Crippen molar-refractivity contribution in [1.29, 1.82) is 0 Å². The summed E-state index contributed by atoms with van der Waals surface area (Å²) in [6.07, 6.45) is 7.42. The first-order valence-corrected chi connectivity index (χ1v) is 30.4. The number of rotatable bonds is 12. The van der Waals surface area contributed by atoms with E-state index in [4.69, 9.17) is 23.9 Å². The van der Waals surface area contributed by atoms with Crippen LogP contribution in [0.5, 0.6) is 11.6 Å². The molecule has 6 aliphatic heterocycles. The molecule has 1 saturated carbocycles. The lowest BCUT2D eigenvalue weighted by atomic mass is 9.59. The molecule has 0 unspecified atom stereocenters. The molecule has 2 aromatic heterocycles. The molecule has 3 N–H and O–H groups in total. The number of H-pyrrole nitrogens is 1. The van der Waals surface area contributed by atoms with Crippen molar-refractivity contribution in [1.82, 2.24) is 24.5 Å². The van der Waals surface area contributed by atoms with E-state index >= 15 is 0 Å². The Morgan fingerprint density at radius 3 is 2.45 bits per heavy atom. The predicted octanol–water partition coefficient (Wildman–Crippen LogP) is 9.97. The third-order valence-electron chi connectivity index (χ3n) is 18.8. The molecule has 432 valence electrons. The van der Waals surface area contributed by atoms with Crippen molar-refractivity contribution in [2.75, 3.05) is 80.9 Å². The fourth-order valence-electron chi connectivity index (χ4n) is 14.5. The van der Waals surface area contributed by atoms with Crippen LogP contribution in [0, 0.1) is 45.9 Å². The fourth-order valence-corrected chi connectivity index (χ4v) is 15.5. The first kappa shape index (κ1) is 54.3. The molecule has 5 atom stereocenters. The van der Waals surface area contributed by atoms with Gasteiger partial charge in [-0.2, -0.15) is 4.98 Å². The van der Waals surface area contributed by atoms with Gasteiger partial charge in [0, 0.05) is 100 Å². The van der Waals surface area contributed by atoms with E-state index < -0.39 is 49.2 Å². The number of nitro groups is 1. The Hall–Kier alpha value is -6.91. The molecule has 8 heterocycles. The predicted molar refractivity (Wildman–Crippen MR) is 306 cm³/mol. The number of aromatic amines is 1. The van der Waals surface area contributed by atoms with Gasteiger partial charge in [-0.25, -0.2) is 21.9 Å². The fraction of sp³-hybridized carbons (Fsp3) is 0.475. The zero-order valence-corrected chi connectivity index (χ0v) is 47.1. The van der Waals surface area contributed by atoms with Crippen molar-refractivity contribution in [2.45, 2.75) is 107 Å². The lowest BCUT2D eigenvalue weighted by molar-refractivity contribution is -0.384. The summed E-state index contributed by atoms with van der Waals surface area (Å²) in [6.45, 7) is 12.5. The lowest BCUT2D eigenvalue weighted by Crippen LogP contribution is -2.60. The Labute approximate surface area is 475 Å². The summed E-state index contributed by atoms with van der Waals surface area (Å²) in [6, 6.07) is 24.4. The summed E-state index contributed by atoms with van der Waals surface area (Å²) in [5, 5.41) is 16.7. The van der Waals surface area contributed by atoms with E-state index in [-0.39, 0.29) is 71.6 Å². The second-order valence-electron chi connectivity index (χ2n) is 23.9. The largest absolute Gasteiger partial charge is 0.489 e. The van der Waals surface area contributed by atoms with Gasteiger partial charge >= 0.3 is 0 Å². The minimum atomic E-state index is -4.73. The van der Waals surface area contributed by atoms with Gasteiger partial charge < -0.3 is 39.0 Å². The Morgan fingerprint density at radius 2 is 1.68 bits per heavy atom. The van der Waals surface area contributed by atoms with E-state index in [0.29, 0.717) is 55.2 Å². The molecule has 1 amide bonds. The minimum Gasteiger partial charge on any atom is -0.489 e. The van der Waals surface area contributed by atoms with E-state index in [9.17, 15) is 32.1 Å². The van der Waals surface area contributed by atoms with Crippen LogP contribution in [0.4, 0.5) is 37.2 Å². The van der Waals surface area contributed by atoms with Gasteiger partial charge in [0.05, 0.1) is 39.8 Å². The van der Waals surface area contributed by atoms with Gasteiger partial charge in [0.2, 0.25) is 5.88 Å². The number of amides is 1. The normalized spacial score (nSPS) is 23.7. The zero-order chi connectivity index (χ0) is 56.6. The number of ether oxygens (including phenoxy) is 4. The molecule has 5 fully saturated rings. The number of piperidine rings is 1. The smallest absolute Gasteiger partial charge is 0.297 e. The van der Waals surface area contributed by atoms with Crippen LogP contribution < -0.4 is 29.3 Å². The highest BCUT2D eigenvalue weighted by Crippen LogP contribution is 2.54. The average Bonchev–Trinajstić information content (AvgIpc) is 4.10. The Balaban J connectivity index is 0.774. The lowest BCUT2D eigenvalue weighted by Gasteiger charge is -2.59. The van der Waals surface area contributed by atoms with E-state index in [1.54, 1.807) is 18.3 Å². The van der Waals surface area contributed by atoms with Gasteiger partial charge in [-0.1, -0.05) is 44.2 Å². The molecule has 0 radical (unpaired) electrons. The summed E-state index contributed by atoms with van der Waals surface area (Å²) < 4.78 is 84.1. The van der Waals surface area contributed by atoms with Crippen molar-refractivity contribution < 1.29 is 45.9 Å². The summed E-state index contributed by atoms with van der Waals surface area (Å²) in [5.41, 5.74) is 5.72. The van der Waals surface area contributed by atoms with Crippen LogP contribution in [0.2, 0.25) is 0 Å². The molecule has 1 spiro atoms. The third kappa shape index (κ3) is 10.1. The summed E-state index contributed by atoms with van der Waals surface area (Å²) >= 11 is 0. The van der Waals surface area contributed by atoms with Gasteiger partial charge in [-0.3, -0.25) is 24.7 Å². The Bertz CT molecular complexity index is 3550. The first-order chi connectivity index (χ1) is 39.6. The maximum atomic E-state index is 14.9. The van der Waals surface area contributed by atoms with E-state index in [2.05, 4.69) is 79.7 Å². The molecule has 21 heteroatoms. The molecule has 7 aliphatic rings. The van der Waals surface area contributed by atoms with Gasteiger partial charge in [0.1, 0.15) is 24.0 Å². The molecular weight excluding hydrogens is 1070 g/mol. The SMILES string of the molecule is Cc1ccccc1[C@@H]1CN([C@@H](c2ccc(F)c(F)c2)C(C)C)CCN1C1CC2(CCN(c3ccc(C(=O)NS(=O)(=O)c4cc5c(c([N+](=O)[O-])c4)N[C@H](C4CCOCC4)CO5)c(N4c5cc6cc[nH]c6nc5O[C@H]5COCC[C@@H]54)c3)CC2)C1. The number of pyridine rings is 1. The van der Waals surface area contributed by atoms with Crippen LogP contribution >= 0.6 is 0 Å². The molecule has 82 heavy (non-hydrogen) atoms. The third-order valence-corrected chi connectivity index (χ3v) is 20.1. The molecule has 13 rings (SSSR count). The molecule has 0 bridgehead atoms. The number of benzene rings is 4. The van der Waals surface area contributed by atoms with Crippen LogP contribution in [0.15, 0.2) is 96.0 Å². The number of aromatic nitrogens is 2. The molecule has 6 aromatic rings. The maximum absolute atomic E-state index is 14.9. The van der Waals surface area contributed by atoms with Crippen LogP contribution in [0.3, 0.4) is 0 Å². The average molecular weight is 1140 g/mol. The number of hydrogen-bond acceptors (Lipinski definition) is 15. The monoisotopic (exact) mass is 1140 g/mol. The van der Waals surface area contributed by atoms with Crippen molar-refractivity contribution in [3.8, 4) is 11.6 Å². The van der Waals surface area contributed by atoms with Gasteiger partial charge in [-0.05, 0) is 128 Å². The number of nitrogens with zero attached hydrogens (tertiary/aromatic N) is 6. The standard InChI is InChI=1S/C61H69F2N9O9S/c1-36(2)57(39-8-11-46(62)47(63)26-39)69-21-22-70(53(33-69)44-7-5-4-6-37(44)3)42-31-61(32-42)16-19-68(20-17-61)41-9-10-45(50(28-41)71-49-15-25-79-35-55(49)81-60-52(71)27-40-12-18-64-58(40)66-60)59(73)67-82(76,77)43-29-51(72(74)75)56-54(30-43)80-34-48(65-56)38-13-23-78-24-14-38/h4-12,18,26-30,36,38,42,48-49,53,55,57,65H,13-17,19-25,31-35H2,1-3H3,(H,64,66)(H,67,73)/t48-,49-,53-,55-,57+/m0/s1. The van der Waals surface area contributed by atoms with Gasteiger partial charge in [0.15, 0.2) is 23.1 Å². The second kappa shape index (κ2) is 21.7. The van der Waals surface area contributed by atoms with E-state index in [1.165, 1.54) is 29.3 Å². The number of halogens is 2. The number of nitrogens with one attached hydrogen (secondary N) is 3. The maximum Gasteiger partial charge on any atom is 0.297 e. The van der Waals surface area contributed by atoms with Crippen LogP contribution in [-0.2, 0) is 19.5 Å². The van der Waals surface area contributed by atoms with Crippen molar-refractivity contribution in [2.24, 2.45) is 17.3 Å². The van der Waals surface area contributed by atoms with E-state index in [1.807, 2.05) is 24.3 Å². The highest BCUT2D eigenvalue weighted by molar-refractivity contribution is 7.90. The van der Waals surface area contributed by atoms with Crippen molar-refractivity contribution in [3.63, 3.8) is 0 Å². The topological polar surface area (TPSA) is 197 Å². The van der Waals surface area contributed by atoms with Crippen LogP contribution in [0.25, 0.3) is 11.0 Å². The van der Waals surface area contributed by atoms with Crippen molar-refractivity contribution in [3.05, 3.63) is 135 Å². The first-order valence-electron chi connectivity index (χ1n) is 28.9. The number of fused-ring (bicyclic) bond motifs is 4. The van der Waals surface area contributed by atoms with E-state index in [0.717, 1.165) is 94.0 Å².